The lowest BCUT2D eigenvalue weighted by Crippen LogP contribution is -2.40. The number of rotatable bonds is 36. The average Bonchev–Trinajstić information content (AvgIpc) is 2.99. The highest BCUT2D eigenvalue weighted by Crippen LogP contribution is 2.16. The standard InChI is InChI=1S/C39H79NO2/c1-4-6-8-10-12-14-16-18-20-22-24-26-28-30-32-34-36-40(38(3)39(41)42)37-35-33-31-29-27-25-23-21-19-17-15-13-11-9-7-5-2/h38H,4-37H2,1-3H3,(H,41,42). The summed E-state index contributed by atoms with van der Waals surface area (Å²) in [5.41, 5.74) is 0. The molecule has 3 nitrogen and oxygen atoms in total. The van der Waals surface area contributed by atoms with Gasteiger partial charge in [-0.2, -0.15) is 0 Å². The zero-order valence-electron chi connectivity index (χ0n) is 29.4. The molecule has 0 aromatic carbocycles. The Kier molecular flexibility index (Phi) is 34.4. The van der Waals surface area contributed by atoms with Crippen LogP contribution in [0.3, 0.4) is 0 Å². The van der Waals surface area contributed by atoms with Gasteiger partial charge in [0.15, 0.2) is 0 Å². The van der Waals surface area contributed by atoms with Crippen molar-refractivity contribution >= 4 is 5.97 Å². The molecular weight excluding hydrogens is 514 g/mol. The predicted octanol–water partition coefficient (Wildman–Crippen LogP) is 13.3. The summed E-state index contributed by atoms with van der Waals surface area (Å²) < 4.78 is 0. The largest absolute Gasteiger partial charge is 0.480 e. The van der Waals surface area contributed by atoms with E-state index in [1.807, 2.05) is 6.92 Å². The Labute approximate surface area is 265 Å². The fourth-order valence-electron chi connectivity index (χ4n) is 6.38. The Morgan fingerprint density at radius 2 is 0.595 bits per heavy atom. The summed E-state index contributed by atoms with van der Waals surface area (Å²) in [6.07, 6.45) is 44.2. The molecule has 0 bridgehead atoms. The highest BCUT2D eigenvalue weighted by molar-refractivity contribution is 5.72. The van der Waals surface area contributed by atoms with Crippen LogP contribution in [-0.4, -0.2) is 35.1 Å². The van der Waals surface area contributed by atoms with E-state index in [4.69, 9.17) is 0 Å². The maximum Gasteiger partial charge on any atom is 0.320 e. The second-order valence-electron chi connectivity index (χ2n) is 13.7. The summed E-state index contributed by atoms with van der Waals surface area (Å²) in [6.45, 7) is 8.36. The fourth-order valence-corrected chi connectivity index (χ4v) is 6.38. The van der Waals surface area contributed by atoms with Gasteiger partial charge in [0.05, 0.1) is 0 Å². The lowest BCUT2D eigenvalue weighted by Gasteiger charge is -2.26. The molecule has 0 fully saturated rings. The first-order valence-electron chi connectivity index (χ1n) is 19.6. The number of carboxylic acids is 1. The van der Waals surface area contributed by atoms with Crippen molar-refractivity contribution in [3.8, 4) is 0 Å². The molecule has 1 unspecified atom stereocenters. The molecule has 0 aliphatic heterocycles. The van der Waals surface area contributed by atoms with Gasteiger partial charge in [-0.15, -0.1) is 0 Å². The van der Waals surface area contributed by atoms with E-state index in [9.17, 15) is 9.90 Å². The Morgan fingerprint density at radius 1 is 0.405 bits per heavy atom. The monoisotopic (exact) mass is 594 g/mol. The van der Waals surface area contributed by atoms with Crippen LogP contribution in [0.15, 0.2) is 0 Å². The van der Waals surface area contributed by atoms with Crippen molar-refractivity contribution in [1.29, 1.82) is 0 Å². The third-order valence-electron chi connectivity index (χ3n) is 9.50. The van der Waals surface area contributed by atoms with E-state index in [0.29, 0.717) is 0 Å². The van der Waals surface area contributed by atoms with Gasteiger partial charge >= 0.3 is 5.97 Å². The van der Waals surface area contributed by atoms with Gasteiger partial charge in [0.2, 0.25) is 0 Å². The molecule has 0 saturated carbocycles. The Bertz CT molecular complexity index is 487. The van der Waals surface area contributed by atoms with Gasteiger partial charge in [0.1, 0.15) is 6.04 Å². The maximum atomic E-state index is 11.6. The first kappa shape index (κ1) is 41.4. The van der Waals surface area contributed by atoms with E-state index in [-0.39, 0.29) is 6.04 Å². The first-order chi connectivity index (χ1) is 20.6. The number of carboxylic acid groups (broad SMARTS) is 1. The zero-order chi connectivity index (χ0) is 30.8. The number of hydrogen-bond donors (Lipinski definition) is 1. The number of aliphatic carboxylic acids is 1. The molecule has 0 aromatic rings. The van der Waals surface area contributed by atoms with Crippen molar-refractivity contribution in [3.05, 3.63) is 0 Å². The number of unbranched alkanes of at least 4 members (excludes halogenated alkanes) is 30. The molecule has 3 heteroatoms. The van der Waals surface area contributed by atoms with Gasteiger partial charge in [-0.3, -0.25) is 9.69 Å². The van der Waals surface area contributed by atoms with Crippen molar-refractivity contribution in [2.45, 2.75) is 232 Å². The molecule has 0 aliphatic carbocycles. The second kappa shape index (κ2) is 34.9. The molecule has 42 heavy (non-hydrogen) atoms. The lowest BCUT2D eigenvalue weighted by molar-refractivity contribution is -0.142. The Hall–Kier alpha value is -0.570. The molecule has 252 valence electrons. The van der Waals surface area contributed by atoms with Crippen molar-refractivity contribution in [2.75, 3.05) is 13.1 Å². The topological polar surface area (TPSA) is 40.5 Å². The summed E-state index contributed by atoms with van der Waals surface area (Å²) in [7, 11) is 0. The Balaban J connectivity index is 3.59. The lowest BCUT2D eigenvalue weighted by atomic mass is 10.0. The van der Waals surface area contributed by atoms with Crippen LogP contribution in [-0.2, 0) is 4.79 Å². The molecule has 0 radical (unpaired) electrons. The van der Waals surface area contributed by atoms with Crippen LogP contribution in [0.2, 0.25) is 0 Å². The van der Waals surface area contributed by atoms with E-state index >= 15 is 0 Å². The molecule has 0 aromatic heterocycles. The highest BCUT2D eigenvalue weighted by Gasteiger charge is 2.19. The molecule has 0 amide bonds. The normalized spacial score (nSPS) is 12.4. The van der Waals surface area contributed by atoms with E-state index in [1.165, 1.54) is 193 Å². The minimum absolute atomic E-state index is 0.349. The molecule has 0 rings (SSSR count). The smallest absolute Gasteiger partial charge is 0.320 e. The molecule has 0 spiro atoms. The van der Waals surface area contributed by atoms with E-state index in [1.54, 1.807) is 0 Å². The van der Waals surface area contributed by atoms with Crippen LogP contribution in [0.4, 0.5) is 0 Å². The minimum Gasteiger partial charge on any atom is -0.480 e. The molecule has 0 saturated heterocycles. The summed E-state index contributed by atoms with van der Waals surface area (Å²) >= 11 is 0. The number of carbonyl (C=O) groups is 1. The molecule has 1 atom stereocenters. The molecule has 0 heterocycles. The van der Waals surface area contributed by atoms with Crippen molar-refractivity contribution < 1.29 is 9.90 Å². The number of nitrogens with zero attached hydrogens (tertiary/aromatic N) is 1. The summed E-state index contributed by atoms with van der Waals surface area (Å²) in [5, 5.41) is 9.58. The van der Waals surface area contributed by atoms with E-state index in [2.05, 4.69) is 18.7 Å². The van der Waals surface area contributed by atoms with Crippen molar-refractivity contribution in [2.24, 2.45) is 0 Å². The fraction of sp³-hybridized carbons (Fsp3) is 0.974. The van der Waals surface area contributed by atoms with Crippen LogP contribution in [0.5, 0.6) is 0 Å². The number of hydrogen-bond acceptors (Lipinski definition) is 2. The second-order valence-corrected chi connectivity index (χ2v) is 13.7. The zero-order valence-corrected chi connectivity index (χ0v) is 29.4. The highest BCUT2D eigenvalue weighted by atomic mass is 16.4. The minimum atomic E-state index is -0.664. The third-order valence-corrected chi connectivity index (χ3v) is 9.50. The maximum absolute atomic E-state index is 11.6. The van der Waals surface area contributed by atoms with Crippen LogP contribution < -0.4 is 0 Å². The van der Waals surface area contributed by atoms with Gasteiger partial charge in [-0.05, 0) is 32.9 Å². The van der Waals surface area contributed by atoms with Crippen LogP contribution in [0, 0.1) is 0 Å². The van der Waals surface area contributed by atoms with E-state index in [0.717, 1.165) is 25.9 Å². The predicted molar refractivity (Wildman–Crippen MR) is 188 cm³/mol. The van der Waals surface area contributed by atoms with Gasteiger partial charge in [-0.25, -0.2) is 0 Å². The average molecular weight is 594 g/mol. The van der Waals surface area contributed by atoms with Gasteiger partial charge in [0.25, 0.3) is 0 Å². The molecular formula is C39H79NO2. The summed E-state index contributed by atoms with van der Waals surface area (Å²) in [6, 6.07) is -0.349. The summed E-state index contributed by atoms with van der Waals surface area (Å²) in [5.74, 6) is -0.664. The summed E-state index contributed by atoms with van der Waals surface area (Å²) in [4.78, 5) is 13.9. The van der Waals surface area contributed by atoms with E-state index < -0.39 is 5.97 Å². The third kappa shape index (κ3) is 30.9. The Morgan fingerprint density at radius 3 is 0.786 bits per heavy atom. The van der Waals surface area contributed by atoms with Gasteiger partial charge in [0, 0.05) is 0 Å². The van der Waals surface area contributed by atoms with Gasteiger partial charge in [-0.1, -0.05) is 206 Å². The quantitative estimate of drug-likeness (QED) is 0.0734. The van der Waals surface area contributed by atoms with Crippen LogP contribution in [0.1, 0.15) is 226 Å². The first-order valence-corrected chi connectivity index (χ1v) is 19.6. The van der Waals surface area contributed by atoms with Gasteiger partial charge < -0.3 is 5.11 Å². The van der Waals surface area contributed by atoms with Crippen LogP contribution >= 0.6 is 0 Å². The molecule has 0 aliphatic rings. The van der Waals surface area contributed by atoms with Crippen LogP contribution in [0.25, 0.3) is 0 Å². The van der Waals surface area contributed by atoms with Crippen molar-refractivity contribution in [1.82, 2.24) is 4.90 Å². The molecule has 1 N–H and O–H groups in total. The SMILES string of the molecule is CCCCCCCCCCCCCCCCCCN(CCCCCCCCCCCCCCCCCC)C(C)C(=O)O. The van der Waals surface area contributed by atoms with Crippen molar-refractivity contribution in [3.63, 3.8) is 0 Å².